The summed E-state index contributed by atoms with van der Waals surface area (Å²) in [6.07, 6.45) is 0. The molecule has 0 radical (unpaired) electrons. The van der Waals surface area contributed by atoms with E-state index < -0.39 is 0 Å². The highest BCUT2D eigenvalue weighted by Gasteiger charge is 2.10. The van der Waals surface area contributed by atoms with Gasteiger partial charge in [0.25, 0.3) is 6.47 Å². The first-order chi connectivity index (χ1) is 6.85. The van der Waals surface area contributed by atoms with Crippen molar-refractivity contribution in [2.75, 3.05) is 13.1 Å². The van der Waals surface area contributed by atoms with Gasteiger partial charge in [0, 0.05) is 25.2 Å². The highest BCUT2D eigenvalue weighted by molar-refractivity contribution is 5.37. The molecule has 90 valence electrons. The van der Waals surface area contributed by atoms with Gasteiger partial charge in [0.1, 0.15) is 5.60 Å². The zero-order valence-electron chi connectivity index (χ0n) is 10.5. The van der Waals surface area contributed by atoms with E-state index in [0.29, 0.717) is 18.6 Å². The summed E-state index contributed by atoms with van der Waals surface area (Å²) in [5.41, 5.74) is -0.318. The average Bonchev–Trinajstić information content (AvgIpc) is 2.09. The zero-order valence-corrected chi connectivity index (χ0v) is 10.5. The normalized spacial score (nSPS) is 26.2. The third-order valence-corrected chi connectivity index (χ3v) is 1.95. The lowest BCUT2D eigenvalue weighted by Gasteiger charge is -2.26. The summed E-state index contributed by atoms with van der Waals surface area (Å²) in [5, 5.41) is 6.74. The summed E-state index contributed by atoms with van der Waals surface area (Å²) in [6.45, 7) is 12.5. The first kappa shape index (κ1) is 14.4. The fourth-order valence-corrected chi connectivity index (χ4v) is 1.04. The Bertz CT molecular complexity index is 160. The first-order valence-electron chi connectivity index (χ1n) is 5.43. The number of ether oxygens (including phenoxy) is 1. The van der Waals surface area contributed by atoms with E-state index in [4.69, 9.17) is 0 Å². The molecule has 0 aliphatic carbocycles. The summed E-state index contributed by atoms with van der Waals surface area (Å²) >= 11 is 0. The van der Waals surface area contributed by atoms with Crippen molar-refractivity contribution in [3.8, 4) is 0 Å². The molecule has 2 atom stereocenters. The Morgan fingerprint density at radius 3 is 1.67 bits per heavy atom. The number of rotatable bonds is 1. The van der Waals surface area contributed by atoms with Gasteiger partial charge in [-0.05, 0) is 34.6 Å². The van der Waals surface area contributed by atoms with E-state index >= 15 is 0 Å². The highest BCUT2D eigenvalue weighted by Crippen LogP contribution is 2.02. The van der Waals surface area contributed by atoms with Gasteiger partial charge in [0.05, 0.1) is 0 Å². The van der Waals surface area contributed by atoms with Gasteiger partial charge < -0.3 is 15.4 Å². The number of hydrogen-bond acceptors (Lipinski definition) is 4. The lowest BCUT2D eigenvalue weighted by atomic mass is 10.2. The molecule has 0 saturated carbocycles. The predicted octanol–water partition coefficient (Wildman–Crippen LogP) is 0.914. The van der Waals surface area contributed by atoms with Crippen molar-refractivity contribution in [1.82, 2.24) is 10.6 Å². The van der Waals surface area contributed by atoms with Gasteiger partial charge in [0.15, 0.2) is 0 Å². The van der Waals surface area contributed by atoms with Crippen LogP contribution in [0.3, 0.4) is 0 Å². The average molecular weight is 216 g/mol. The van der Waals surface area contributed by atoms with Crippen molar-refractivity contribution in [2.24, 2.45) is 0 Å². The number of hydrogen-bond donors (Lipinski definition) is 2. The molecule has 1 rings (SSSR count). The Kier molecular flexibility index (Phi) is 6.52. The summed E-state index contributed by atoms with van der Waals surface area (Å²) in [7, 11) is 0. The van der Waals surface area contributed by atoms with Crippen LogP contribution in [-0.2, 0) is 9.53 Å². The van der Waals surface area contributed by atoms with Crippen LogP contribution in [0.4, 0.5) is 0 Å². The Morgan fingerprint density at radius 2 is 1.53 bits per heavy atom. The third-order valence-electron chi connectivity index (χ3n) is 1.95. The number of piperazine rings is 1. The first-order valence-corrected chi connectivity index (χ1v) is 5.43. The van der Waals surface area contributed by atoms with Crippen LogP contribution < -0.4 is 10.6 Å². The topological polar surface area (TPSA) is 50.4 Å². The van der Waals surface area contributed by atoms with Crippen molar-refractivity contribution in [3.05, 3.63) is 0 Å². The van der Waals surface area contributed by atoms with Crippen molar-refractivity contribution in [2.45, 2.75) is 52.3 Å². The van der Waals surface area contributed by atoms with Gasteiger partial charge in [-0.2, -0.15) is 0 Å². The lowest BCUT2D eigenvalue weighted by Crippen LogP contribution is -2.51. The molecule has 15 heavy (non-hydrogen) atoms. The highest BCUT2D eigenvalue weighted by atomic mass is 16.5. The lowest BCUT2D eigenvalue weighted by molar-refractivity contribution is -0.138. The molecule has 0 aromatic carbocycles. The smallest absolute Gasteiger partial charge is 0.293 e. The Morgan fingerprint density at radius 1 is 1.13 bits per heavy atom. The molecule has 0 spiro atoms. The number of carbonyl (C=O) groups is 1. The maximum Gasteiger partial charge on any atom is 0.293 e. The second-order valence-corrected chi connectivity index (χ2v) is 4.95. The summed E-state index contributed by atoms with van der Waals surface area (Å²) in [5.74, 6) is 0. The molecule has 1 saturated heterocycles. The SMILES string of the molecule is CC(C)(C)OC=O.C[C@@H]1CN[C@@H](C)CN1. The van der Waals surface area contributed by atoms with Crippen LogP contribution in [0.15, 0.2) is 0 Å². The summed E-state index contributed by atoms with van der Waals surface area (Å²) in [6, 6.07) is 1.32. The van der Waals surface area contributed by atoms with Gasteiger partial charge in [0.2, 0.25) is 0 Å². The molecule has 0 bridgehead atoms. The fraction of sp³-hybridized carbons (Fsp3) is 0.909. The third kappa shape index (κ3) is 9.69. The van der Waals surface area contributed by atoms with Crippen LogP contribution in [0, 0.1) is 0 Å². The maximum atomic E-state index is 9.60. The van der Waals surface area contributed by atoms with Crippen LogP contribution in [0.2, 0.25) is 0 Å². The van der Waals surface area contributed by atoms with Crippen LogP contribution in [0.1, 0.15) is 34.6 Å². The van der Waals surface area contributed by atoms with E-state index in [1.54, 1.807) is 0 Å². The largest absolute Gasteiger partial charge is 0.462 e. The molecule has 0 unspecified atom stereocenters. The van der Waals surface area contributed by atoms with Crippen molar-refractivity contribution in [3.63, 3.8) is 0 Å². The molecule has 4 nitrogen and oxygen atoms in total. The number of carbonyl (C=O) groups excluding carboxylic acids is 1. The molecule has 2 N–H and O–H groups in total. The maximum absolute atomic E-state index is 9.60. The van der Waals surface area contributed by atoms with Gasteiger partial charge in [-0.25, -0.2) is 0 Å². The molecule has 0 aromatic heterocycles. The quantitative estimate of drug-likeness (QED) is 0.640. The van der Waals surface area contributed by atoms with Crippen molar-refractivity contribution in [1.29, 1.82) is 0 Å². The summed E-state index contributed by atoms with van der Waals surface area (Å²) in [4.78, 5) is 9.60. The van der Waals surface area contributed by atoms with Gasteiger partial charge >= 0.3 is 0 Å². The molecule has 0 amide bonds. The molecule has 1 aliphatic rings. The van der Waals surface area contributed by atoms with E-state index in [9.17, 15) is 4.79 Å². The second-order valence-electron chi connectivity index (χ2n) is 4.95. The minimum absolute atomic E-state index is 0.318. The monoisotopic (exact) mass is 216 g/mol. The molecule has 1 aliphatic heterocycles. The Hall–Kier alpha value is -0.610. The molecule has 4 heteroatoms. The molecule has 1 heterocycles. The van der Waals surface area contributed by atoms with Crippen LogP contribution >= 0.6 is 0 Å². The Balaban J connectivity index is 0.000000265. The molecule has 1 fully saturated rings. The second kappa shape index (κ2) is 6.80. The van der Waals surface area contributed by atoms with Crippen molar-refractivity contribution >= 4 is 6.47 Å². The van der Waals surface area contributed by atoms with Crippen LogP contribution in [-0.4, -0.2) is 37.2 Å². The van der Waals surface area contributed by atoms with E-state index in [2.05, 4.69) is 29.2 Å². The minimum Gasteiger partial charge on any atom is -0.462 e. The standard InChI is InChI=1S/C6H14N2.C5H10O2/c1-5-3-8-6(2)4-7-5;1-5(2,3)7-4-6/h5-8H,3-4H2,1-2H3;4H,1-3H3/t5-,6+;. The molecular formula is C11H24N2O2. The van der Waals surface area contributed by atoms with Crippen LogP contribution in [0.5, 0.6) is 0 Å². The zero-order chi connectivity index (χ0) is 11.9. The van der Waals surface area contributed by atoms with E-state index in [-0.39, 0.29) is 5.60 Å². The van der Waals surface area contributed by atoms with Crippen molar-refractivity contribution < 1.29 is 9.53 Å². The van der Waals surface area contributed by atoms with Gasteiger partial charge in [-0.15, -0.1) is 0 Å². The Labute approximate surface area is 92.8 Å². The molecule has 0 aromatic rings. The minimum atomic E-state index is -0.318. The number of nitrogens with one attached hydrogen (secondary N) is 2. The van der Waals surface area contributed by atoms with E-state index in [0.717, 1.165) is 13.1 Å². The van der Waals surface area contributed by atoms with Gasteiger partial charge in [-0.1, -0.05) is 0 Å². The van der Waals surface area contributed by atoms with Crippen LogP contribution in [0.25, 0.3) is 0 Å². The van der Waals surface area contributed by atoms with E-state index in [1.165, 1.54) is 0 Å². The van der Waals surface area contributed by atoms with Gasteiger partial charge in [-0.3, -0.25) is 4.79 Å². The van der Waals surface area contributed by atoms with E-state index in [1.807, 2.05) is 20.8 Å². The fourth-order valence-electron chi connectivity index (χ4n) is 1.04. The summed E-state index contributed by atoms with van der Waals surface area (Å²) < 4.78 is 4.55. The molecular weight excluding hydrogens is 192 g/mol. The predicted molar refractivity (Wildman–Crippen MR) is 61.8 cm³/mol.